The van der Waals surface area contributed by atoms with E-state index in [-0.39, 0.29) is 12.5 Å². The first kappa shape index (κ1) is 12.4. The van der Waals surface area contributed by atoms with Gasteiger partial charge in [0.2, 0.25) is 0 Å². The number of aliphatic hydroxyl groups excluding tert-OH is 1. The first-order chi connectivity index (χ1) is 8.22. The van der Waals surface area contributed by atoms with Gasteiger partial charge in [0.05, 0.1) is 0 Å². The van der Waals surface area contributed by atoms with Gasteiger partial charge in [-0.15, -0.1) is 0 Å². The van der Waals surface area contributed by atoms with Crippen LogP contribution in [0.3, 0.4) is 0 Å². The summed E-state index contributed by atoms with van der Waals surface area (Å²) in [6.07, 6.45) is 0. The van der Waals surface area contributed by atoms with E-state index in [1.54, 1.807) is 0 Å². The number of anilines is 1. The molecule has 17 heavy (non-hydrogen) atoms. The monoisotopic (exact) mass is 293 g/mol. The Morgan fingerprint density at radius 2 is 1.88 bits per heavy atom. The van der Waals surface area contributed by atoms with Gasteiger partial charge in [-0.25, -0.2) is 0 Å². The fourth-order valence-electron chi connectivity index (χ4n) is 1.77. The van der Waals surface area contributed by atoms with E-state index in [0.29, 0.717) is 0 Å². The van der Waals surface area contributed by atoms with Crippen molar-refractivity contribution in [3.63, 3.8) is 0 Å². The standard InChI is InChI=1S/C14H16BrNO/c1-10(9-17)8-16-14-7-6-13(15)11-4-2-3-5-12(11)14/h2-7,10,16-17H,8-9H2,1H3. The molecule has 0 radical (unpaired) electrons. The maximum atomic E-state index is 9.02. The lowest BCUT2D eigenvalue weighted by Gasteiger charge is -2.13. The highest BCUT2D eigenvalue weighted by Crippen LogP contribution is 2.29. The third-order valence-electron chi connectivity index (χ3n) is 2.82. The second-order valence-corrected chi connectivity index (χ2v) is 5.16. The van der Waals surface area contributed by atoms with Crippen molar-refractivity contribution in [1.29, 1.82) is 0 Å². The zero-order chi connectivity index (χ0) is 12.3. The summed E-state index contributed by atoms with van der Waals surface area (Å²) in [7, 11) is 0. The first-order valence-electron chi connectivity index (χ1n) is 5.74. The first-order valence-corrected chi connectivity index (χ1v) is 6.53. The summed E-state index contributed by atoms with van der Waals surface area (Å²) in [5, 5.41) is 14.8. The summed E-state index contributed by atoms with van der Waals surface area (Å²) >= 11 is 3.56. The minimum Gasteiger partial charge on any atom is -0.396 e. The lowest BCUT2D eigenvalue weighted by Crippen LogP contribution is -2.14. The predicted molar refractivity (Wildman–Crippen MR) is 76.4 cm³/mol. The summed E-state index contributed by atoms with van der Waals surface area (Å²) in [6.45, 7) is 3.01. The molecule has 2 aromatic carbocycles. The number of nitrogens with one attached hydrogen (secondary N) is 1. The Labute approximate surface area is 110 Å². The van der Waals surface area contributed by atoms with Crippen LogP contribution in [0.5, 0.6) is 0 Å². The average molecular weight is 294 g/mol. The van der Waals surface area contributed by atoms with Gasteiger partial charge in [0, 0.05) is 28.7 Å². The molecule has 0 aromatic heterocycles. The predicted octanol–water partition coefficient (Wildman–Crippen LogP) is 3.64. The molecule has 0 saturated carbocycles. The van der Waals surface area contributed by atoms with Crippen LogP contribution in [0.2, 0.25) is 0 Å². The average Bonchev–Trinajstić information content (AvgIpc) is 2.38. The normalized spacial score (nSPS) is 12.6. The maximum Gasteiger partial charge on any atom is 0.0473 e. The smallest absolute Gasteiger partial charge is 0.0473 e. The Morgan fingerprint density at radius 3 is 2.59 bits per heavy atom. The van der Waals surface area contributed by atoms with Gasteiger partial charge in [0.1, 0.15) is 0 Å². The molecule has 2 N–H and O–H groups in total. The van der Waals surface area contributed by atoms with E-state index >= 15 is 0 Å². The molecule has 0 fully saturated rings. The minimum absolute atomic E-state index is 0.210. The van der Waals surface area contributed by atoms with Crippen LogP contribution in [-0.4, -0.2) is 18.3 Å². The molecule has 2 rings (SSSR count). The summed E-state index contributed by atoms with van der Waals surface area (Å²) in [6, 6.07) is 12.4. The van der Waals surface area contributed by atoms with Gasteiger partial charge >= 0.3 is 0 Å². The van der Waals surface area contributed by atoms with Crippen molar-refractivity contribution >= 4 is 32.4 Å². The molecule has 0 saturated heterocycles. The molecule has 1 atom stereocenters. The van der Waals surface area contributed by atoms with Crippen molar-refractivity contribution in [3.05, 3.63) is 40.9 Å². The molecule has 2 nitrogen and oxygen atoms in total. The van der Waals surface area contributed by atoms with Gasteiger partial charge in [-0.1, -0.05) is 47.1 Å². The highest BCUT2D eigenvalue weighted by Gasteiger charge is 2.05. The Hall–Kier alpha value is -1.06. The number of hydrogen-bond acceptors (Lipinski definition) is 2. The molecule has 3 heteroatoms. The fraction of sp³-hybridized carbons (Fsp3) is 0.286. The van der Waals surface area contributed by atoms with Crippen molar-refractivity contribution < 1.29 is 5.11 Å². The zero-order valence-electron chi connectivity index (χ0n) is 9.78. The molecule has 0 aliphatic carbocycles. The number of hydrogen-bond donors (Lipinski definition) is 2. The van der Waals surface area contributed by atoms with Crippen LogP contribution in [0.4, 0.5) is 5.69 Å². The minimum atomic E-state index is 0.210. The Kier molecular flexibility index (Phi) is 4.02. The number of halogens is 1. The molecule has 0 spiro atoms. The lowest BCUT2D eigenvalue weighted by molar-refractivity contribution is 0.244. The van der Waals surface area contributed by atoms with Gasteiger partial charge in [-0.3, -0.25) is 0 Å². The van der Waals surface area contributed by atoms with Gasteiger partial charge in [0.15, 0.2) is 0 Å². The van der Waals surface area contributed by atoms with E-state index in [0.717, 1.165) is 16.7 Å². The molecule has 2 aromatic rings. The molecule has 0 aliphatic heterocycles. The van der Waals surface area contributed by atoms with E-state index in [4.69, 9.17) is 5.11 Å². The summed E-state index contributed by atoms with van der Waals surface area (Å²) in [4.78, 5) is 0. The third-order valence-corrected chi connectivity index (χ3v) is 3.52. The van der Waals surface area contributed by atoms with E-state index in [1.807, 2.05) is 25.1 Å². The van der Waals surface area contributed by atoms with Crippen LogP contribution in [-0.2, 0) is 0 Å². The van der Waals surface area contributed by atoms with Gasteiger partial charge in [0.25, 0.3) is 0 Å². The fourth-order valence-corrected chi connectivity index (χ4v) is 2.24. The van der Waals surface area contributed by atoms with E-state index in [2.05, 4.69) is 39.4 Å². The van der Waals surface area contributed by atoms with Crippen LogP contribution < -0.4 is 5.32 Å². The van der Waals surface area contributed by atoms with Crippen LogP contribution >= 0.6 is 15.9 Å². The topological polar surface area (TPSA) is 32.3 Å². The summed E-state index contributed by atoms with van der Waals surface area (Å²) in [5.41, 5.74) is 1.11. The maximum absolute atomic E-state index is 9.02. The van der Waals surface area contributed by atoms with E-state index in [9.17, 15) is 0 Å². The quantitative estimate of drug-likeness (QED) is 0.902. The SMILES string of the molecule is CC(CO)CNc1ccc(Br)c2ccccc12. The van der Waals surface area contributed by atoms with Crippen molar-refractivity contribution in [2.75, 3.05) is 18.5 Å². The molecule has 0 heterocycles. The highest BCUT2D eigenvalue weighted by molar-refractivity contribution is 9.10. The Bertz CT molecular complexity index is 513. The second kappa shape index (κ2) is 5.52. The number of rotatable bonds is 4. The number of benzene rings is 2. The van der Waals surface area contributed by atoms with Crippen LogP contribution in [0.1, 0.15) is 6.92 Å². The van der Waals surface area contributed by atoms with Gasteiger partial charge in [-0.05, 0) is 23.4 Å². The van der Waals surface area contributed by atoms with Crippen molar-refractivity contribution in [1.82, 2.24) is 0 Å². The van der Waals surface area contributed by atoms with Crippen LogP contribution in [0, 0.1) is 5.92 Å². The number of aliphatic hydroxyl groups is 1. The molecule has 1 unspecified atom stereocenters. The zero-order valence-corrected chi connectivity index (χ0v) is 11.4. The second-order valence-electron chi connectivity index (χ2n) is 4.31. The molecule has 0 aliphatic rings. The largest absolute Gasteiger partial charge is 0.396 e. The van der Waals surface area contributed by atoms with Crippen molar-refractivity contribution in [2.24, 2.45) is 5.92 Å². The Morgan fingerprint density at radius 1 is 1.18 bits per heavy atom. The van der Waals surface area contributed by atoms with Crippen LogP contribution in [0.15, 0.2) is 40.9 Å². The Balaban J connectivity index is 2.32. The van der Waals surface area contributed by atoms with Crippen molar-refractivity contribution in [3.8, 4) is 0 Å². The van der Waals surface area contributed by atoms with Gasteiger partial charge in [-0.2, -0.15) is 0 Å². The lowest BCUT2D eigenvalue weighted by atomic mass is 10.1. The number of fused-ring (bicyclic) bond motifs is 1. The van der Waals surface area contributed by atoms with E-state index in [1.165, 1.54) is 10.8 Å². The van der Waals surface area contributed by atoms with E-state index < -0.39 is 0 Å². The third kappa shape index (κ3) is 2.79. The molecule has 0 amide bonds. The highest BCUT2D eigenvalue weighted by atomic mass is 79.9. The molecule has 0 bridgehead atoms. The molecular weight excluding hydrogens is 278 g/mol. The molecular formula is C14H16BrNO. The van der Waals surface area contributed by atoms with Crippen molar-refractivity contribution in [2.45, 2.75) is 6.92 Å². The summed E-state index contributed by atoms with van der Waals surface area (Å²) < 4.78 is 1.11. The summed E-state index contributed by atoms with van der Waals surface area (Å²) in [5.74, 6) is 0.261. The van der Waals surface area contributed by atoms with Crippen LogP contribution in [0.25, 0.3) is 10.8 Å². The van der Waals surface area contributed by atoms with Gasteiger partial charge < -0.3 is 10.4 Å². The molecule has 90 valence electrons.